The van der Waals surface area contributed by atoms with Crippen LogP contribution >= 0.6 is 0 Å². The maximum Gasteiger partial charge on any atom is 0.167 e. The SMILES string of the molecule is COc1ccc(O)c(CCO)c1OC. The van der Waals surface area contributed by atoms with Crippen LogP contribution in [0.15, 0.2) is 12.1 Å². The minimum absolute atomic E-state index is 0.0446. The van der Waals surface area contributed by atoms with E-state index < -0.39 is 0 Å². The highest BCUT2D eigenvalue weighted by Crippen LogP contribution is 2.36. The number of benzene rings is 1. The Balaban J connectivity index is 3.20. The highest BCUT2D eigenvalue weighted by atomic mass is 16.5. The maximum atomic E-state index is 9.53. The molecule has 2 N–H and O–H groups in total. The standard InChI is InChI=1S/C10H14O4/c1-13-9-4-3-8(12)7(5-6-11)10(9)14-2/h3-4,11-12H,5-6H2,1-2H3. The van der Waals surface area contributed by atoms with Crippen molar-refractivity contribution in [1.82, 2.24) is 0 Å². The zero-order valence-electron chi connectivity index (χ0n) is 8.28. The van der Waals surface area contributed by atoms with Crippen molar-refractivity contribution in [2.45, 2.75) is 6.42 Å². The average Bonchev–Trinajstić information content (AvgIpc) is 2.21. The van der Waals surface area contributed by atoms with E-state index in [2.05, 4.69) is 0 Å². The Bertz CT molecular complexity index is 309. The summed E-state index contributed by atoms with van der Waals surface area (Å²) in [6.07, 6.45) is 0.339. The highest BCUT2D eigenvalue weighted by Gasteiger charge is 2.13. The summed E-state index contributed by atoms with van der Waals surface area (Å²) in [7, 11) is 3.02. The van der Waals surface area contributed by atoms with E-state index in [1.807, 2.05) is 0 Å². The first-order valence-corrected chi connectivity index (χ1v) is 4.28. The molecule has 14 heavy (non-hydrogen) atoms. The molecule has 0 amide bonds. The second-order valence-electron chi connectivity index (χ2n) is 2.77. The number of hydrogen-bond acceptors (Lipinski definition) is 4. The van der Waals surface area contributed by atoms with E-state index >= 15 is 0 Å². The highest BCUT2D eigenvalue weighted by molar-refractivity contribution is 5.53. The molecule has 0 heterocycles. The van der Waals surface area contributed by atoms with Gasteiger partial charge in [0.15, 0.2) is 11.5 Å². The molecule has 0 unspecified atom stereocenters. The van der Waals surface area contributed by atoms with Gasteiger partial charge < -0.3 is 19.7 Å². The Morgan fingerprint density at radius 1 is 1.21 bits per heavy atom. The quantitative estimate of drug-likeness (QED) is 0.756. The normalized spacial score (nSPS) is 9.93. The molecule has 0 bridgehead atoms. The zero-order chi connectivity index (χ0) is 10.6. The third kappa shape index (κ3) is 1.90. The molecule has 4 heteroatoms. The van der Waals surface area contributed by atoms with Crippen molar-refractivity contribution in [3.63, 3.8) is 0 Å². The first-order valence-electron chi connectivity index (χ1n) is 4.28. The van der Waals surface area contributed by atoms with Crippen LogP contribution < -0.4 is 9.47 Å². The summed E-state index contributed by atoms with van der Waals surface area (Å²) in [5.41, 5.74) is 0.564. The molecule has 1 rings (SSSR count). The fraction of sp³-hybridized carbons (Fsp3) is 0.400. The van der Waals surface area contributed by atoms with Crippen molar-refractivity contribution < 1.29 is 19.7 Å². The Hall–Kier alpha value is -1.42. The number of phenols is 1. The molecule has 1 aromatic carbocycles. The largest absolute Gasteiger partial charge is 0.508 e. The van der Waals surface area contributed by atoms with E-state index in [0.717, 1.165) is 0 Å². The fourth-order valence-corrected chi connectivity index (χ4v) is 1.33. The van der Waals surface area contributed by atoms with Gasteiger partial charge in [0.1, 0.15) is 5.75 Å². The van der Waals surface area contributed by atoms with E-state index in [-0.39, 0.29) is 12.4 Å². The van der Waals surface area contributed by atoms with Crippen molar-refractivity contribution in [3.8, 4) is 17.2 Å². The van der Waals surface area contributed by atoms with Gasteiger partial charge in [-0.2, -0.15) is 0 Å². The molecule has 0 atom stereocenters. The smallest absolute Gasteiger partial charge is 0.167 e. The molecule has 78 valence electrons. The monoisotopic (exact) mass is 198 g/mol. The van der Waals surface area contributed by atoms with Gasteiger partial charge in [-0.15, -0.1) is 0 Å². The number of aliphatic hydroxyl groups excluding tert-OH is 1. The lowest BCUT2D eigenvalue weighted by atomic mass is 10.1. The Labute approximate surface area is 82.7 Å². The molecule has 0 saturated heterocycles. The van der Waals surface area contributed by atoms with E-state index in [9.17, 15) is 5.11 Å². The lowest BCUT2D eigenvalue weighted by Gasteiger charge is -2.13. The molecule has 0 aliphatic carbocycles. The Morgan fingerprint density at radius 3 is 2.43 bits per heavy atom. The van der Waals surface area contributed by atoms with Crippen LogP contribution in [0.25, 0.3) is 0 Å². The number of hydrogen-bond donors (Lipinski definition) is 2. The molecule has 0 aliphatic heterocycles. The van der Waals surface area contributed by atoms with Gasteiger partial charge in [-0.05, 0) is 12.1 Å². The number of aromatic hydroxyl groups is 1. The van der Waals surface area contributed by atoms with Crippen LogP contribution in [0.2, 0.25) is 0 Å². The van der Waals surface area contributed by atoms with Crippen LogP contribution in [0.5, 0.6) is 17.2 Å². The lowest BCUT2D eigenvalue weighted by molar-refractivity contribution is 0.291. The van der Waals surface area contributed by atoms with Gasteiger partial charge in [0.05, 0.1) is 14.2 Å². The molecule has 4 nitrogen and oxygen atoms in total. The molecule has 0 aliphatic rings. The summed E-state index contributed by atoms with van der Waals surface area (Å²) in [6, 6.07) is 3.14. The Morgan fingerprint density at radius 2 is 1.93 bits per heavy atom. The van der Waals surface area contributed by atoms with Crippen molar-refractivity contribution in [3.05, 3.63) is 17.7 Å². The Kier molecular flexibility index (Phi) is 3.59. The van der Waals surface area contributed by atoms with E-state index in [4.69, 9.17) is 14.6 Å². The molecular weight excluding hydrogens is 184 g/mol. The zero-order valence-corrected chi connectivity index (χ0v) is 8.28. The van der Waals surface area contributed by atoms with Crippen LogP contribution in [0.1, 0.15) is 5.56 Å². The maximum absolute atomic E-state index is 9.53. The third-order valence-corrected chi connectivity index (χ3v) is 1.99. The molecule has 1 aromatic rings. The molecular formula is C10H14O4. The second kappa shape index (κ2) is 4.72. The summed E-state index contributed by atoms with van der Waals surface area (Å²) in [4.78, 5) is 0. The minimum Gasteiger partial charge on any atom is -0.508 e. The van der Waals surface area contributed by atoms with Crippen LogP contribution in [0.3, 0.4) is 0 Å². The minimum atomic E-state index is -0.0446. The van der Waals surface area contributed by atoms with Crippen molar-refractivity contribution in [1.29, 1.82) is 0 Å². The first kappa shape index (κ1) is 10.7. The summed E-state index contributed by atoms with van der Waals surface area (Å²) in [6.45, 7) is -0.0446. The predicted octanol–water partition coefficient (Wildman–Crippen LogP) is 0.944. The summed E-state index contributed by atoms with van der Waals surface area (Å²) >= 11 is 0. The number of rotatable bonds is 4. The average molecular weight is 198 g/mol. The predicted molar refractivity (Wildman–Crippen MR) is 52.0 cm³/mol. The van der Waals surface area contributed by atoms with E-state index in [1.54, 1.807) is 6.07 Å². The molecule has 0 saturated carbocycles. The summed E-state index contributed by atoms with van der Waals surface area (Å²) in [5.74, 6) is 1.13. The summed E-state index contributed by atoms with van der Waals surface area (Å²) < 4.78 is 10.2. The molecule has 0 spiro atoms. The number of ether oxygens (including phenoxy) is 2. The first-order chi connectivity index (χ1) is 6.74. The van der Waals surface area contributed by atoms with Crippen LogP contribution in [-0.2, 0) is 6.42 Å². The van der Waals surface area contributed by atoms with Crippen LogP contribution in [0.4, 0.5) is 0 Å². The van der Waals surface area contributed by atoms with Gasteiger partial charge in [-0.25, -0.2) is 0 Å². The van der Waals surface area contributed by atoms with Gasteiger partial charge in [0, 0.05) is 18.6 Å². The third-order valence-electron chi connectivity index (χ3n) is 1.99. The van der Waals surface area contributed by atoms with E-state index in [1.165, 1.54) is 20.3 Å². The number of phenolic OH excluding ortho intramolecular Hbond substituents is 1. The topological polar surface area (TPSA) is 58.9 Å². The summed E-state index contributed by atoms with van der Waals surface area (Å²) in [5, 5.41) is 18.3. The second-order valence-corrected chi connectivity index (χ2v) is 2.77. The van der Waals surface area contributed by atoms with Crippen molar-refractivity contribution in [2.75, 3.05) is 20.8 Å². The molecule has 0 fully saturated rings. The van der Waals surface area contributed by atoms with Gasteiger partial charge in [0.25, 0.3) is 0 Å². The van der Waals surface area contributed by atoms with Gasteiger partial charge in [0.2, 0.25) is 0 Å². The number of methoxy groups -OCH3 is 2. The lowest BCUT2D eigenvalue weighted by Crippen LogP contribution is -1.98. The number of aliphatic hydroxyl groups is 1. The van der Waals surface area contributed by atoms with Crippen LogP contribution in [-0.4, -0.2) is 31.0 Å². The van der Waals surface area contributed by atoms with Crippen molar-refractivity contribution in [2.24, 2.45) is 0 Å². The van der Waals surface area contributed by atoms with Gasteiger partial charge in [-0.1, -0.05) is 0 Å². The molecule has 0 radical (unpaired) electrons. The van der Waals surface area contributed by atoms with Gasteiger partial charge in [-0.3, -0.25) is 0 Å². The van der Waals surface area contributed by atoms with E-state index in [0.29, 0.717) is 23.5 Å². The molecule has 0 aromatic heterocycles. The van der Waals surface area contributed by atoms with Crippen LogP contribution in [0, 0.1) is 0 Å². The van der Waals surface area contributed by atoms with Gasteiger partial charge >= 0.3 is 0 Å². The van der Waals surface area contributed by atoms with Crippen molar-refractivity contribution >= 4 is 0 Å². The fourth-order valence-electron chi connectivity index (χ4n) is 1.33.